The second-order valence-electron chi connectivity index (χ2n) is 4.82. The van der Waals surface area contributed by atoms with E-state index in [4.69, 9.17) is 4.42 Å². The molecule has 1 aromatic carbocycles. The Morgan fingerprint density at radius 2 is 2.25 bits per heavy atom. The van der Waals surface area contributed by atoms with Crippen LogP contribution in [0.5, 0.6) is 0 Å². The van der Waals surface area contributed by atoms with Gasteiger partial charge < -0.3 is 15.1 Å². The van der Waals surface area contributed by atoms with Crippen LogP contribution in [0.4, 0.5) is 11.7 Å². The molecule has 1 saturated carbocycles. The van der Waals surface area contributed by atoms with Crippen LogP contribution in [-0.4, -0.2) is 21.2 Å². The van der Waals surface area contributed by atoms with E-state index in [1.54, 1.807) is 11.3 Å². The van der Waals surface area contributed by atoms with Crippen LogP contribution in [0.1, 0.15) is 18.7 Å². The first-order valence-corrected chi connectivity index (χ1v) is 7.41. The molecule has 7 heteroatoms. The van der Waals surface area contributed by atoms with Gasteiger partial charge in [-0.15, -0.1) is 16.4 Å². The Morgan fingerprint density at radius 3 is 3.15 bits per heavy atom. The molecule has 0 atom stereocenters. The molecular weight excluding hydrogens is 274 g/mol. The van der Waals surface area contributed by atoms with E-state index in [1.165, 1.54) is 12.8 Å². The molecule has 0 radical (unpaired) electrons. The van der Waals surface area contributed by atoms with Crippen molar-refractivity contribution in [1.82, 2.24) is 20.5 Å². The Bertz CT molecular complexity index is 733. The highest BCUT2D eigenvalue weighted by atomic mass is 32.1. The number of rotatable bonds is 5. The topological polar surface area (TPSA) is 75.9 Å². The number of hydrogen-bond donors (Lipinski definition) is 2. The number of aromatic nitrogens is 3. The van der Waals surface area contributed by atoms with Crippen molar-refractivity contribution >= 4 is 33.3 Å². The van der Waals surface area contributed by atoms with Gasteiger partial charge in [0, 0.05) is 11.7 Å². The highest BCUT2D eigenvalue weighted by Gasteiger charge is 2.21. The van der Waals surface area contributed by atoms with Crippen molar-refractivity contribution in [2.24, 2.45) is 0 Å². The summed E-state index contributed by atoms with van der Waals surface area (Å²) in [5.74, 6) is 0.610. The molecule has 4 rings (SSSR count). The molecule has 2 aromatic heterocycles. The third-order valence-electron chi connectivity index (χ3n) is 3.17. The summed E-state index contributed by atoms with van der Waals surface area (Å²) in [6.45, 7) is 0.632. The molecule has 0 spiro atoms. The third-order valence-corrected chi connectivity index (χ3v) is 3.96. The number of fused-ring (bicyclic) bond motifs is 1. The number of anilines is 2. The van der Waals surface area contributed by atoms with Crippen LogP contribution in [0, 0.1) is 0 Å². The van der Waals surface area contributed by atoms with Gasteiger partial charge in [-0.25, -0.2) is 4.98 Å². The fourth-order valence-electron chi connectivity index (χ4n) is 1.95. The Labute approximate surface area is 119 Å². The van der Waals surface area contributed by atoms with Gasteiger partial charge in [0.15, 0.2) is 0 Å². The Hall–Kier alpha value is -1.99. The summed E-state index contributed by atoms with van der Waals surface area (Å²) in [6, 6.07) is 7.00. The first kappa shape index (κ1) is 11.8. The van der Waals surface area contributed by atoms with E-state index >= 15 is 0 Å². The number of nitrogens with zero attached hydrogens (tertiary/aromatic N) is 3. The van der Waals surface area contributed by atoms with E-state index in [2.05, 4.69) is 25.8 Å². The van der Waals surface area contributed by atoms with Crippen molar-refractivity contribution in [2.45, 2.75) is 25.4 Å². The molecule has 1 aliphatic rings. The summed E-state index contributed by atoms with van der Waals surface area (Å²) in [5.41, 5.74) is 3.76. The van der Waals surface area contributed by atoms with E-state index < -0.39 is 0 Å². The maximum absolute atomic E-state index is 5.55. The van der Waals surface area contributed by atoms with Crippen LogP contribution in [0.15, 0.2) is 28.1 Å². The number of benzene rings is 1. The van der Waals surface area contributed by atoms with Gasteiger partial charge in [0.2, 0.25) is 5.89 Å². The van der Waals surface area contributed by atoms with Gasteiger partial charge in [-0.2, -0.15) is 0 Å². The molecule has 102 valence electrons. The van der Waals surface area contributed by atoms with Gasteiger partial charge in [0.05, 0.1) is 22.3 Å². The van der Waals surface area contributed by atoms with Crippen LogP contribution < -0.4 is 10.6 Å². The predicted molar refractivity (Wildman–Crippen MR) is 77.1 cm³/mol. The summed E-state index contributed by atoms with van der Waals surface area (Å²) in [7, 11) is 0. The quantitative estimate of drug-likeness (QED) is 0.751. The molecule has 0 unspecified atom stereocenters. The first-order chi connectivity index (χ1) is 9.87. The zero-order chi connectivity index (χ0) is 13.4. The average molecular weight is 287 g/mol. The summed E-state index contributed by atoms with van der Waals surface area (Å²) in [4.78, 5) is 4.25. The van der Waals surface area contributed by atoms with E-state index in [9.17, 15) is 0 Å². The van der Waals surface area contributed by atoms with Gasteiger partial charge in [-0.1, -0.05) is 5.10 Å². The lowest BCUT2D eigenvalue weighted by atomic mass is 10.3. The molecule has 20 heavy (non-hydrogen) atoms. The van der Waals surface area contributed by atoms with E-state index in [0.29, 0.717) is 24.5 Å². The van der Waals surface area contributed by atoms with Crippen molar-refractivity contribution < 1.29 is 4.42 Å². The van der Waals surface area contributed by atoms with Crippen LogP contribution in [0.3, 0.4) is 0 Å². The molecule has 6 nitrogen and oxygen atoms in total. The molecule has 0 bridgehead atoms. The lowest BCUT2D eigenvalue weighted by Crippen LogP contribution is -2.15. The minimum absolute atomic E-state index is 0.418. The second kappa shape index (κ2) is 4.84. The SMILES string of the molecule is c1nc2ccc(Nc3nnc(CNC4CC4)o3)cc2s1. The maximum Gasteiger partial charge on any atom is 0.320 e. The van der Waals surface area contributed by atoms with Crippen LogP contribution >= 0.6 is 11.3 Å². The minimum atomic E-state index is 0.418. The zero-order valence-corrected chi connectivity index (χ0v) is 11.5. The van der Waals surface area contributed by atoms with E-state index in [0.717, 1.165) is 15.9 Å². The Balaban J connectivity index is 1.46. The summed E-state index contributed by atoms with van der Waals surface area (Å²) < 4.78 is 6.68. The second-order valence-corrected chi connectivity index (χ2v) is 5.70. The van der Waals surface area contributed by atoms with Gasteiger partial charge in [-0.05, 0) is 31.0 Å². The molecule has 0 aliphatic heterocycles. The summed E-state index contributed by atoms with van der Waals surface area (Å²) in [5, 5.41) is 14.5. The molecule has 0 amide bonds. The van der Waals surface area contributed by atoms with Gasteiger partial charge >= 0.3 is 6.01 Å². The van der Waals surface area contributed by atoms with Crippen LogP contribution in [0.2, 0.25) is 0 Å². The van der Waals surface area contributed by atoms with E-state index in [-0.39, 0.29) is 0 Å². The number of hydrogen-bond acceptors (Lipinski definition) is 7. The smallest absolute Gasteiger partial charge is 0.320 e. The van der Waals surface area contributed by atoms with Crippen molar-refractivity contribution in [3.05, 3.63) is 29.6 Å². The van der Waals surface area contributed by atoms with Crippen molar-refractivity contribution in [3.8, 4) is 0 Å². The third kappa shape index (κ3) is 2.50. The van der Waals surface area contributed by atoms with Gasteiger partial charge in [-0.3, -0.25) is 0 Å². The largest absolute Gasteiger partial charge is 0.406 e. The molecule has 1 fully saturated rings. The normalized spacial score (nSPS) is 14.8. The van der Waals surface area contributed by atoms with Crippen molar-refractivity contribution in [3.63, 3.8) is 0 Å². The summed E-state index contributed by atoms with van der Waals surface area (Å²) in [6.07, 6.45) is 2.49. The molecule has 2 heterocycles. The lowest BCUT2D eigenvalue weighted by Gasteiger charge is -2.00. The van der Waals surface area contributed by atoms with Gasteiger partial charge in [0.1, 0.15) is 0 Å². The maximum atomic E-state index is 5.55. The predicted octanol–water partition coefficient (Wildman–Crippen LogP) is 2.67. The standard InChI is InChI=1S/C13H13N5OS/c1-2-8(1)14-6-12-17-18-13(19-12)16-9-3-4-10-11(5-9)20-7-15-10/h3-5,7-8,14H,1-2,6H2,(H,16,18). The minimum Gasteiger partial charge on any atom is -0.406 e. The summed E-state index contributed by atoms with van der Waals surface area (Å²) >= 11 is 1.61. The highest BCUT2D eigenvalue weighted by molar-refractivity contribution is 7.16. The molecule has 3 aromatic rings. The van der Waals surface area contributed by atoms with Crippen molar-refractivity contribution in [1.29, 1.82) is 0 Å². The number of nitrogens with one attached hydrogen (secondary N) is 2. The molecule has 1 aliphatic carbocycles. The monoisotopic (exact) mass is 287 g/mol. The molecule has 0 saturated heterocycles. The van der Waals surface area contributed by atoms with Crippen molar-refractivity contribution in [2.75, 3.05) is 5.32 Å². The zero-order valence-electron chi connectivity index (χ0n) is 10.7. The Morgan fingerprint density at radius 1 is 1.30 bits per heavy atom. The van der Waals surface area contributed by atoms with E-state index in [1.807, 2.05) is 23.7 Å². The fourth-order valence-corrected chi connectivity index (χ4v) is 2.67. The van der Waals surface area contributed by atoms with Gasteiger partial charge in [0.25, 0.3) is 0 Å². The molecular formula is C13H13N5OS. The number of thiazole rings is 1. The molecule has 2 N–H and O–H groups in total. The highest BCUT2D eigenvalue weighted by Crippen LogP contribution is 2.24. The average Bonchev–Trinajstić information content (AvgIpc) is 2.99. The fraction of sp³-hybridized carbons (Fsp3) is 0.308. The van der Waals surface area contributed by atoms with Crippen LogP contribution in [-0.2, 0) is 6.54 Å². The lowest BCUT2D eigenvalue weighted by molar-refractivity contribution is 0.478. The Kier molecular flexibility index (Phi) is 2.86. The first-order valence-electron chi connectivity index (χ1n) is 6.53. The van der Waals surface area contributed by atoms with Crippen LogP contribution in [0.25, 0.3) is 10.2 Å².